The van der Waals surface area contributed by atoms with Crippen LogP contribution in [0.25, 0.3) is 0 Å². The van der Waals surface area contributed by atoms with E-state index in [9.17, 15) is 4.79 Å². The molecule has 1 amide bonds. The first-order chi connectivity index (χ1) is 9.68. The molecule has 0 saturated heterocycles. The Bertz CT molecular complexity index is 400. The van der Waals surface area contributed by atoms with Gasteiger partial charge in [-0.05, 0) is 26.8 Å². The molecule has 112 valence electrons. The lowest BCUT2D eigenvalue weighted by atomic mass is 9.93. The van der Waals surface area contributed by atoms with Crippen LogP contribution in [0.15, 0.2) is 12.7 Å². The van der Waals surface area contributed by atoms with Crippen LogP contribution in [-0.4, -0.2) is 51.2 Å². The highest BCUT2D eigenvalue weighted by Gasteiger charge is 2.25. The Morgan fingerprint density at radius 1 is 1.45 bits per heavy atom. The van der Waals surface area contributed by atoms with Crippen LogP contribution in [0.5, 0.6) is 0 Å². The van der Waals surface area contributed by atoms with E-state index in [1.165, 1.54) is 38.4 Å². The van der Waals surface area contributed by atoms with Crippen molar-refractivity contribution in [3.63, 3.8) is 0 Å². The van der Waals surface area contributed by atoms with Crippen LogP contribution in [0.3, 0.4) is 0 Å². The molecule has 1 N–H and O–H groups in total. The summed E-state index contributed by atoms with van der Waals surface area (Å²) in [5.74, 6) is 0.0955. The van der Waals surface area contributed by atoms with Gasteiger partial charge in [0, 0.05) is 12.6 Å². The van der Waals surface area contributed by atoms with Gasteiger partial charge in [-0.2, -0.15) is 5.10 Å². The van der Waals surface area contributed by atoms with Gasteiger partial charge < -0.3 is 5.32 Å². The average Bonchev–Trinajstić information content (AvgIpc) is 2.99. The van der Waals surface area contributed by atoms with Crippen LogP contribution in [0.2, 0.25) is 0 Å². The van der Waals surface area contributed by atoms with Crippen molar-refractivity contribution >= 4 is 5.91 Å². The number of hydrogen-bond acceptors (Lipinski definition) is 4. The highest BCUT2D eigenvalue weighted by Crippen LogP contribution is 2.22. The lowest BCUT2D eigenvalue weighted by Crippen LogP contribution is -2.48. The van der Waals surface area contributed by atoms with E-state index < -0.39 is 0 Å². The van der Waals surface area contributed by atoms with Gasteiger partial charge in [-0.1, -0.05) is 19.3 Å². The number of aromatic nitrogens is 3. The molecule has 0 aromatic carbocycles. The quantitative estimate of drug-likeness (QED) is 0.845. The molecule has 0 spiro atoms. The van der Waals surface area contributed by atoms with E-state index in [1.807, 2.05) is 6.92 Å². The van der Waals surface area contributed by atoms with Crippen LogP contribution < -0.4 is 5.32 Å². The molecule has 6 heteroatoms. The minimum Gasteiger partial charge on any atom is -0.353 e. The normalized spacial score (nSPS) is 18.1. The van der Waals surface area contributed by atoms with Crippen LogP contribution in [0, 0.1) is 0 Å². The number of hydrogen-bond donors (Lipinski definition) is 1. The molecule has 0 aliphatic heterocycles. The number of carbonyl (C=O) groups is 1. The predicted octanol–water partition coefficient (Wildman–Crippen LogP) is 1.05. The minimum absolute atomic E-state index is 0.0751. The van der Waals surface area contributed by atoms with Crippen molar-refractivity contribution in [3.05, 3.63) is 12.7 Å². The summed E-state index contributed by atoms with van der Waals surface area (Å²) in [6, 6.07) is 0.480. The molecule has 1 saturated carbocycles. The molecule has 1 atom stereocenters. The van der Waals surface area contributed by atoms with Crippen LogP contribution in [0.1, 0.15) is 39.0 Å². The summed E-state index contributed by atoms with van der Waals surface area (Å²) in [6.07, 6.45) is 9.50. The largest absolute Gasteiger partial charge is 0.353 e. The zero-order valence-electron chi connectivity index (χ0n) is 12.5. The van der Waals surface area contributed by atoms with Gasteiger partial charge in [0.15, 0.2) is 0 Å². The van der Waals surface area contributed by atoms with Gasteiger partial charge in [-0.15, -0.1) is 0 Å². The zero-order valence-corrected chi connectivity index (χ0v) is 12.5. The number of rotatable bonds is 6. The Labute approximate surface area is 120 Å². The second kappa shape index (κ2) is 7.38. The molecule has 0 unspecified atom stereocenters. The number of nitrogens with zero attached hydrogens (tertiary/aromatic N) is 4. The number of nitrogens with one attached hydrogen (secondary N) is 1. The van der Waals surface area contributed by atoms with E-state index in [-0.39, 0.29) is 11.9 Å². The lowest BCUT2D eigenvalue weighted by Gasteiger charge is -2.34. The number of carbonyl (C=O) groups excluding carboxylic acids is 1. The maximum absolute atomic E-state index is 12.2. The van der Waals surface area contributed by atoms with Crippen molar-refractivity contribution in [3.8, 4) is 0 Å². The van der Waals surface area contributed by atoms with Gasteiger partial charge >= 0.3 is 0 Å². The van der Waals surface area contributed by atoms with Gasteiger partial charge in [-0.3, -0.25) is 14.4 Å². The molecular weight excluding hydrogens is 254 g/mol. The Kier molecular flexibility index (Phi) is 5.52. The van der Waals surface area contributed by atoms with E-state index in [4.69, 9.17) is 0 Å². The Morgan fingerprint density at radius 2 is 2.20 bits per heavy atom. The smallest absolute Gasteiger partial charge is 0.237 e. The average molecular weight is 279 g/mol. The van der Waals surface area contributed by atoms with Gasteiger partial charge in [-0.25, -0.2) is 4.98 Å². The summed E-state index contributed by atoms with van der Waals surface area (Å²) in [7, 11) is 2.07. The Morgan fingerprint density at radius 3 is 2.85 bits per heavy atom. The maximum atomic E-state index is 12.2. The fraction of sp³-hybridized carbons (Fsp3) is 0.786. The molecular formula is C14H25N5O. The molecule has 1 aromatic rings. The van der Waals surface area contributed by atoms with Gasteiger partial charge in [0.05, 0.1) is 12.6 Å². The summed E-state index contributed by atoms with van der Waals surface area (Å²) in [5.41, 5.74) is 0. The second-order valence-electron chi connectivity index (χ2n) is 5.58. The number of likely N-dealkylation sites (N-methyl/N-ethyl adjacent to an activating group) is 1. The van der Waals surface area contributed by atoms with Crippen molar-refractivity contribution in [2.45, 2.75) is 57.7 Å². The van der Waals surface area contributed by atoms with E-state index in [0.717, 1.165) is 0 Å². The van der Waals surface area contributed by atoms with E-state index >= 15 is 0 Å². The van der Waals surface area contributed by atoms with E-state index in [0.29, 0.717) is 19.1 Å². The van der Waals surface area contributed by atoms with Gasteiger partial charge in [0.1, 0.15) is 12.7 Å². The van der Waals surface area contributed by atoms with Crippen molar-refractivity contribution in [2.75, 3.05) is 13.6 Å². The zero-order chi connectivity index (χ0) is 14.4. The highest BCUT2D eigenvalue weighted by atomic mass is 16.2. The number of amides is 1. The summed E-state index contributed by atoms with van der Waals surface area (Å²) < 4.78 is 1.72. The van der Waals surface area contributed by atoms with Crippen molar-refractivity contribution in [1.82, 2.24) is 25.0 Å². The summed E-state index contributed by atoms with van der Waals surface area (Å²) in [5, 5.41) is 6.98. The molecule has 20 heavy (non-hydrogen) atoms. The van der Waals surface area contributed by atoms with E-state index in [2.05, 4.69) is 27.3 Å². The second-order valence-corrected chi connectivity index (χ2v) is 5.58. The molecule has 1 heterocycles. The first-order valence-corrected chi connectivity index (χ1v) is 7.50. The third kappa shape index (κ3) is 4.03. The monoisotopic (exact) mass is 279 g/mol. The minimum atomic E-state index is -0.0751. The molecule has 1 fully saturated rings. The molecule has 1 aliphatic rings. The van der Waals surface area contributed by atoms with Crippen molar-refractivity contribution < 1.29 is 4.79 Å². The molecule has 0 radical (unpaired) electrons. The topological polar surface area (TPSA) is 63.1 Å². The first kappa shape index (κ1) is 15.0. The van der Waals surface area contributed by atoms with Crippen molar-refractivity contribution in [1.29, 1.82) is 0 Å². The molecule has 1 aliphatic carbocycles. The van der Waals surface area contributed by atoms with Gasteiger partial charge in [0.2, 0.25) is 5.91 Å². The standard InChI is InChI=1S/C14H25N5O/c1-12(18(2)13-6-4-3-5-7-13)14(20)16-8-9-19-11-15-10-17-19/h10-13H,3-9H2,1-2H3,(H,16,20)/t12-/m1/s1. The SMILES string of the molecule is C[C@H](C(=O)NCCn1cncn1)N(C)C1CCCCC1. The van der Waals surface area contributed by atoms with Crippen LogP contribution in [0.4, 0.5) is 0 Å². The summed E-state index contributed by atoms with van der Waals surface area (Å²) >= 11 is 0. The Hall–Kier alpha value is -1.43. The van der Waals surface area contributed by atoms with Crippen molar-refractivity contribution in [2.24, 2.45) is 0 Å². The highest BCUT2D eigenvalue weighted by molar-refractivity contribution is 5.81. The fourth-order valence-electron chi connectivity index (χ4n) is 2.78. The third-order valence-electron chi connectivity index (χ3n) is 4.25. The third-order valence-corrected chi connectivity index (χ3v) is 4.25. The molecule has 6 nitrogen and oxygen atoms in total. The van der Waals surface area contributed by atoms with Gasteiger partial charge in [0.25, 0.3) is 0 Å². The molecule has 0 bridgehead atoms. The Balaban J connectivity index is 1.72. The first-order valence-electron chi connectivity index (χ1n) is 7.50. The summed E-state index contributed by atoms with van der Waals surface area (Å²) in [4.78, 5) is 18.3. The van der Waals surface area contributed by atoms with Crippen LogP contribution in [-0.2, 0) is 11.3 Å². The lowest BCUT2D eigenvalue weighted by molar-refractivity contribution is -0.126. The van der Waals surface area contributed by atoms with Crippen LogP contribution >= 0.6 is 0 Å². The predicted molar refractivity (Wildman–Crippen MR) is 77.1 cm³/mol. The maximum Gasteiger partial charge on any atom is 0.237 e. The molecule has 1 aromatic heterocycles. The summed E-state index contributed by atoms with van der Waals surface area (Å²) in [6.45, 7) is 3.23. The fourth-order valence-corrected chi connectivity index (χ4v) is 2.78. The van der Waals surface area contributed by atoms with E-state index in [1.54, 1.807) is 11.0 Å². The molecule has 2 rings (SSSR count).